The number of hydrogen-bond acceptors (Lipinski definition) is 4. The Morgan fingerprint density at radius 1 is 1.13 bits per heavy atom. The summed E-state index contributed by atoms with van der Waals surface area (Å²) in [7, 11) is 0. The Morgan fingerprint density at radius 2 is 1.90 bits per heavy atom. The van der Waals surface area contributed by atoms with Gasteiger partial charge in [-0.1, -0.05) is 31.2 Å². The molecule has 2 aromatic carbocycles. The van der Waals surface area contributed by atoms with Gasteiger partial charge in [0.1, 0.15) is 5.82 Å². The zero-order valence-electron chi connectivity index (χ0n) is 18.1. The van der Waals surface area contributed by atoms with E-state index in [-0.39, 0.29) is 11.7 Å². The summed E-state index contributed by atoms with van der Waals surface area (Å²) in [4.78, 5) is 16.1. The summed E-state index contributed by atoms with van der Waals surface area (Å²) in [5.74, 6) is -0.174. The number of carbonyl (C=O) groups is 1. The van der Waals surface area contributed by atoms with Gasteiger partial charge in [-0.05, 0) is 67.1 Å². The Balaban J connectivity index is 1.40. The number of aliphatic hydroxyl groups excluding tert-OH is 1. The molecule has 0 radical (unpaired) electrons. The molecule has 0 bridgehead atoms. The van der Waals surface area contributed by atoms with Crippen molar-refractivity contribution in [2.75, 3.05) is 31.1 Å². The van der Waals surface area contributed by atoms with Crippen LogP contribution in [0.4, 0.5) is 10.1 Å². The van der Waals surface area contributed by atoms with E-state index in [1.165, 1.54) is 12.1 Å². The third-order valence-electron chi connectivity index (χ3n) is 6.71. The Labute approximate surface area is 183 Å². The van der Waals surface area contributed by atoms with Crippen LogP contribution in [0, 0.1) is 5.82 Å². The number of anilines is 1. The number of aliphatic hydroxyl groups is 2. The lowest BCUT2D eigenvalue weighted by atomic mass is 9.87. The van der Waals surface area contributed by atoms with Crippen LogP contribution < -0.4 is 4.90 Å². The van der Waals surface area contributed by atoms with Gasteiger partial charge in [-0.15, -0.1) is 0 Å². The molecular weight excluding hydrogens is 395 g/mol. The fourth-order valence-electron chi connectivity index (χ4n) is 4.84. The highest BCUT2D eigenvalue weighted by molar-refractivity contribution is 5.95. The first kappa shape index (κ1) is 21.9. The number of fused-ring (bicyclic) bond motifs is 1. The molecule has 6 heteroatoms. The van der Waals surface area contributed by atoms with Gasteiger partial charge in [0.05, 0.1) is 11.7 Å². The number of likely N-dealkylation sites (tertiary alicyclic amines) is 1. The molecule has 166 valence electrons. The van der Waals surface area contributed by atoms with Crippen molar-refractivity contribution < 1.29 is 19.4 Å². The third-order valence-corrected chi connectivity index (χ3v) is 6.71. The Morgan fingerprint density at radius 3 is 2.65 bits per heavy atom. The first-order chi connectivity index (χ1) is 14.9. The Bertz CT molecular complexity index is 933. The van der Waals surface area contributed by atoms with Crippen molar-refractivity contribution in [1.82, 2.24) is 4.90 Å². The zero-order chi connectivity index (χ0) is 22.0. The highest BCUT2D eigenvalue weighted by atomic mass is 19.1. The molecule has 4 rings (SSSR count). The molecule has 0 aliphatic carbocycles. The number of benzene rings is 2. The number of hydrogen-bond donors (Lipinski definition) is 2. The van der Waals surface area contributed by atoms with E-state index in [1.807, 2.05) is 30.0 Å². The van der Waals surface area contributed by atoms with Crippen molar-refractivity contribution >= 4 is 11.6 Å². The monoisotopic (exact) mass is 426 g/mol. The van der Waals surface area contributed by atoms with E-state index in [0.29, 0.717) is 38.9 Å². The minimum Gasteiger partial charge on any atom is -0.387 e. The lowest BCUT2D eigenvalue weighted by molar-refractivity contribution is -0.118. The van der Waals surface area contributed by atoms with Gasteiger partial charge >= 0.3 is 0 Å². The second kappa shape index (κ2) is 9.07. The second-order valence-corrected chi connectivity index (χ2v) is 8.75. The zero-order valence-corrected chi connectivity index (χ0v) is 18.1. The molecule has 0 saturated carbocycles. The van der Waals surface area contributed by atoms with Crippen molar-refractivity contribution in [3.05, 3.63) is 65.0 Å². The minimum atomic E-state index is -0.962. The number of β-amino-alcohol motifs (C(OH)–C–C–N with tert-alkyl or cyclic N) is 1. The summed E-state index contributed by atoms with van der Waals surface area (Å²) < 4.78 is 13.3. The summed E-state index contributed by atoms with van der Waals surface area (Å²) in [6.45, 7) is 4.53. The molecule has 1 saturated heterocycles. The normalized spacial score (nSPS) is 22.8. The smallest absolute Gasteiger partial charge is 0.226 e. The number of carbonyl (C=O) groups excluding carboxylic acids is 1. The number of rotatable bonds is 5. The fraction of sp³-hybridized carbons (Fsp3) is 0.480. The average Bonchev–Trinajstić information content (AvgIpc) is 3.11. The molecule has 2 atom stereocenters. The highest BCUT2D eigenvalue weighted by Gasteiger charge is 2.32. The maximum atomic E-state index is 13.3. The summed E-state index contributed by atoms with van der Waals surface area (Å²) in [5.41, 5.74) is 2.72. The van der Waals surface area contributed by atoms with Crippen molar-refractivity contribution in [2.45, 2.75) is 50.7 Å². The van der Waals surface area contributed by atoms with E-state index in [2.05, 4.69) is 4.90 Å². The van der Waals surface area contributed by atoms with Gasteiger partial charge in [-0.3, -0.25) is 4.79 Å². The van der Waals surface area contributed by atoms with E-state index in [4.69, 9.17) is 0 Å². The van der Waals surface area contributed by atoms with Gasteiger partial charge in [-0.2, -0.15) is 0 Å². The lowest BCUT2D eigenvalue weighted by Crippen LogP contribution is -2.32. The van der Waals surface area contributed by atoms with Gasteiger partial charge in [-0.25, -0.2) is 4.39 Å². The van der Waals surface area contributed by atoms with E-state index < -0.39 is 11.7 Å². The molecule has 0 aromatic heterocycles. The molecule has 0 spiro atoms. The van der Waals surface area contributed by atoms with Gasteiger partial charge in [0, 0.05) is 31.7 Å². The molecule has 2 N–H and O–H groups in total. The molecule has 1 amide bonds. The largest absolute Gasteiger partial charge is 0.387 e. The van der Waals surface area contributed by atoms with Crippen LogP contribution in [0.1, 0.15) is 55.4 Å². The maximum Gasteiger partial charge on any atom is 0.226 e. The van der Waals surface area contributed by atoms with Crippen LogP contribution in [0.25, 0.3) is 0 Å². The quantitative estimate of drug-likeness (QED) is 0.768. The molecule has 2 heterocycles. The van der Waals surface area contributed by atoms with Crippen molar-refractivity contribution in [2.24, 2.45) is 0 Å². The topological polar surface area (TPSA) is 64.0 Å². The molecule has 2 aromatic rings. The SMILES string of the molecule is CCC(=O)N1CCc2cc([C@@H](O)CN3CCC[C@@](O)(c4ccc(F)cc4)CC3)ccc21. The third kappa shape index (κ3) is 4.66. The van der Waals surface area contributed by atoms with Crippen LogP contribution in [-0.4, -0.2) is 47.2 Å². The summed E-state index contributed by atoms with van der Waals surface area (Å²) >= 11 is 0. The molecule has 1 fully saturated rings. The summed E-state index contributed by atoms with van der Waals surface area (Å²) in [6, 6.07) is 12.0. The Hall–Kier alpha value is -2.28. The summed E-state index contributed by atoms with van der Waals surface area (Å²) in [5, 5.41) is 22.0. The summed E-state index contributed by atoms with van der Waals surface area (Å²) in [6.07, 6.45) is 2.64. The number of nitrogens with zero attached hydrogens (tertiary/aromatic N) is 2. The van der Waals surface area contributed by atoms with Crippen molar-refractivity contribution in [3.8, 4) is 0 Å². The standard InChI is InChI=1S/C25H31FN2O3/c1-2-24(30)28-14-10-18-16-19(4-9-22(18)28)23(29)17-27-13-3-11-25(31,12-15-27)20-5-7-21(26)8-6-20/h4-9,16,23,29,31H,2-3,10-15,17H2,1H3/t23-,25-/m0/s1. The molecule has 2 aliphatic rings. The van der Waals surface area contributed by atoms with Crippen molar-refractivity contribution in [1.29, 1.82) is 0 Å². The first-order valence-corrected chi connectivity index (χ1v) is 11.2. The predicted octanol–water partition coefficient (Wildman–Crippen LogP) is 3.53. The van der Waals surface area contributed by atoms with E-state index >= 15 is 0 Å². The van der Waals surface area contributed by atoms with Gasteiger partial charge < -0.3 is 20.0 Å². The van der Waals surface area contributed by atoms with Gasteiger partial charge in [0.15, 0.2) is 0 Å². The average molecular weight is 427 g/mol. The van der Waals surface area contributed by atoms with Crippen LogP contribution in [-0.2, 0) is 16.8 Å². The fourth-order valence-corrected chi connectivity index (χ4v) is 4.84. The number of amides is 1. The molecule has 0 unspecified atom stereocenters. The minimum absolute atomic E-state index is 0.130. The Kier molecular flexibility index (Phi) is 6.42. The van der Waals surface area contributed by atoms with Crippen LogP contribution in [0.2, 0.25) is 0 Å². The van der Waals surface area contributed by atoms with Crippen LogP contribution >= 0.6 is 0 Å². The van der Waals surface area contributed by atoms with Gasteiger partial charge in [0.2, 0.25) is 5.91 Å². The molecule has 2 aliphatic heterocycles. The second-order valence-electron chi connectivity index (χ2n) is 8.75. The van der Waals surface area contributed by atoms with E-state index in [9.17, 15) is 19.4 Å². The predicted molar refractivity (Wildman–Crippen MR) is 118 cm³/mol. The molecule has 31 heavy (non-hydrogen) atoms. The molecule has 5 nitrogen and oxygen atoms in total. The van der Waals surface area contributed by atoms with E-state index in [1.54, 1.807) is 12.1 Å². The molecular formula is C25H31FN2O3. The number of halogens is 1. The maximum absolute atomic E-state index is 13.3. The lowest BCUT2D eigenvalue weighted by Gasteiger charge is -2.28. The highest BCUT2D eigenvalue weighted by Crippen LogP contribution is 2.34. The van der Waals surface area contributed by atoms with Crippen LogP contribution in [0.5, 0.6) is 0 Å². The van der Waals surface area contributed by atoms with Gasteiger partial charge in [0.25, 0.3) is 0 Å². The first-order valence-electron chi connectivity index (χ1n) is 11.2. The van der Waals surface area contributed by atoms with Crippen LogP contribution in [0.15, 0.2) is 42.5 Å². The van der Waals surface area contributed by atoms with Crippen LogP contribution in [0.3, 0.4) is 0 Å². The van der Waals surface area contributed by atoms with Crippen molar-refractivity contribution in [3.63, 3.8) is 0 Å². The van der Waals surface area contributed by atoms with E-state index in [0.717, 1.165) is 41.8 Å².